The summed E-state index contributed by atoms with van der Waals surface area (Å²) >= 11 is 2.26. The Hall–Kier alpha value is -2.28. The lowest BCUT2D eigenvalue weighted by molar-refractivity contribution is -0.117. The Labute approximate surface area is 147 Å². The van der Waals surface area contributed by atoms with Gasteiger partial charge in [0.2, 0.25) is 0 Å². The predicted molar refractivity (Wildman–Crippen MR) is 96.6 cm³/mol. The Kier molecular flexibility index (Phi) is 3.57. The molecule has 2 heterocycles. The van der Waals surface area contributed by atoms with E-state index < -0.39 is 0 Å². The first-order valence-electron chi connectivity index (χ1n) is 7.23. The molecule has 2 aromatic carbocycles. The molecule has 0 fully saturated rings. The fraction of sp³-hybridized carbons (Fsp3) is 0.0556. The monoisotopic (exact) mass is 413 g/mol. The molecule has 1 atom stereocenters. The van der Waals surface area contributed by atoms with Crippen LogP contribution in [0, 0.1) is 0 Å². The average molecular weight is 413 g/mol. The second-order valence-corrected chi connectivity index (χ2v) is 6.47. The second kappa shape index (κ2) is 5.73. The highest BCUT2D eigenvalue weighted by molar-refractivity contribution is 14.1. The van der Waals surface area contributed by atoms with Gasteiger partial charge in [0.25, 0.3) is 5.91 Å². The Morgan fingerprint density at radius 3 is 2.17 bits per heavy atom. The number of nitrogens with one attached hydrogen (secondary N) is 1. The van der Waals surface area contributed by atoms with Crippen molar-refractivity contribution in [3.8, 4) is 0 Å². The van der Waals surface area contributed by atoms with Gasteiger partial charge in [0.05, 0.1) is 11.6 Å². The van der Waals surface area contributed by atoms with Gasteiger partial charge in [0.15, 0.2) is 0 Å². The molecular weight excluding hydrogens is 401 g/mol. The third kappa shape index (κ3) is 2.41. The molecule has 0 aliphatic carbocycles. The van der Waals surface area contributed by atoms with E-state index in [-0.39, 0.29) is 11.9 Å². The molecule has 2 aromatic rings. The summed E-state index contributed by atoms with van der Waals surface area (Å²) in [6.07, 6.45) is 0. The highest BCUT2D eigenvalue weighted by atomic mass is 127. The van der Waals surface area contributed by atoms with Crippen LogP contribution in [0.25, 0.3) is 5.70 Å². The maximum atomic E-state index is 12.7. The molecule has 112 valence electrons. The number of carbonyl (C=O) groups is 1. The topological polar surface area (TPSA) is 53.8 Å². The van der Waals surface area contributed by atoms with Crippen LogP contribution in [0.5, 0.6) is 0 Å². The lowest BCUT2D eigenvalue weighted by atomic mass is 9.96. The van der Waals surface area contributed by atoms with Crippen LogP contribution in [-0.4, -0.2) is 5.91 Å². The van der Waals surface area contributed by atoms with E-state index in [0.29, 0.717) is 17.0 Å². The number of azo groups is 1. The molecule has 0 spiro atoms. The van der Waals surface area contributed by atoms with Gasteiger partial charge in [-0.2, -0.15) is 0 Å². The molecule has 4 nitrogen and oxygen atoms in total. The van der Waals surface area contributed by atoms with Crippen LogP contribution in [-0.2, 0) is 4.79 Å². The number of halogens is 1. The van der Waals surface area contributed by atoms with Crippen LogP contribution in [0.4, 0.5) is 0 Å². The summed E-state index contributed by atoms with van der Waals surface area (Å²) in [6.45, 7) is 0. The molecule has 1 N–H and O–H groups in total. The van der Waals surface area contributed by atoms with Crippen LogP contribution >= 0.6 is 22.6 Å². The smallest absolute Gasteiger partial charge is 0.256 e. The van der Waals surface area contributed by atoms with Crippen molar-refractivity contribution < 1.29 is 4.79 Å². The highest BCUT2D eigenvalue weighted by Crippen LogP contribution is 2.43. The van der Waals surface area contributed by atoms with Crippen molar-refractivity contribution >= 4 is 34.2 Å². The minimum atomic E-state index is -0.169. The van der Waals surface area contributed by atoms with Crippen molar-refractivity contribution in [2.45, 2.75) is 6.04 Å². The Balaban J connectivity index is 1.84. The molecule has 0 aromatic heterocycles. The molecule has 2 aliphatic heterocycles. The molecule has 2 aliphatic rings. The fourth-order valence-corrected chi connectivity index (χ4v) is 3.66. The van der Waals surface area contributed by atoms with Crippen molar-refractivity contribution in [3.63, 3.8) is 0 Å². The van der Waals surface area contributed by atoms with E-state index in [1.807, 2.05) is 60.7 Å². The normalized spacial score (nSPS) is 19.9. The maximum Gasteiger partial charge on any atom is 0.256 e. The number of hydrogen-bond acceptors (Lipinski definition) is 3. The molecule has 0 radical (unpaired) electrons. The standard InChI is InChI=1S/C18H12IN3O/c19-14-16(12-9-5-2-6-10-12)20-18(23)13-15(21-22-17(13)14)11-7-3-1-4-8-11/h1-10,16H,(H,20,23). The summed E-state index contributed by atoms with van der Waals surface area (Å²) < 4.78 is 0.984. The third-order valence-corrected chi connectivity index (χ3v) is 5.02. The summed E-state index contributed by atoms with van der Waals surface area (Å²) in [5.74, 6) is -0.127. The molecule has 0 saturated carbocycles. The molecule has 0 bridgehead atoms. The molecule has 5 heteroatoms. The van der Waals surface area contributed by atoms with E-state index in [4.69, 9.17) is 0 Å². The van der Waals surface area contributed by atoms with Crippen molar-refractivity contribution in [1.82, 2.24) is 5.32 Å². The van der Waals surface area contributed by atoms with Gasteiger partial charge in [0, 0.05) is 9.14 Å². The largest absolute Gasteiger partial charge is 0.340 e. The number of rotatable bonds is 2. The number of amides is 1. The van der Waals surface area contributed by atoms with Crippen molar-refractivity contribution in [2.24, 2.45) is 10.2 Å². The van der Waals surface area contributed by atoms with Gasteiger partial charge < -0.3 is 5.32 Å². The predicted octanol–water partition coefficient (Wildman–Crippen LogP) is 4.38. The van der Waals surface area contributed by atoms with Crippen molar-refractivity contribution in [3.05, 3.63) is 86.6 Å². The molecular formula is C18H12IN3O. The first-order valence-corrected chi connectivity index (χ1v) is 8.31. The van der Waals surface area contributed by atoms with Gasteiger partial charge in [-0.05, 0) is 28.2 Å². The number of fused-ring (bicyclic) bond motifs is 1. The first kappa shape index (κ1) is 14.3. The van der Waals surface area contributed by atoms with Gasteiger partial charge in [-0.25, -0.2) is 0 Å². The van der Waals surface area contributed by atoms with Gasteiger partial charge in [-0.1, -0.05) is 60.7 Å². The van der Waals surface area contributed by atoms with E-state index in [0.717, 1.165) is 14.7 Å². The molecule has 0 saturated heterocycles. The van der Waals surface area contributed by atoms with E-state index in [1.54, 1.807) is 0 Å². The zero-order valence-electron chi connectivity index (χ0n) is 12.0. The minimum Gasteiger partial charge on any atom is -0.340 e. The highest BCUT2D eigenvalue weighted by Gasteiger charge is 2.36. The van der Waals surface area contributed by atoms with Crippen molar-refractivity contribution in [1.29, 1.82) is 0 Å². The third-order valence-electron chi connectivity index (χ3n) is 3.89. The van der Waals surface area contributed by atoms with Crippen molar-refractivity contribution in [2.75, 3.05) is 0 Å². The van der Waals surface area contributed by atoms with E-state index in [2.05, 4.69) is 38.1 Å². The van der Waals surface area contributed by atoms with Gasteiger partial charge >= 0.3 is 0 Å². The minimum absolute atomic E-state index is 0.127. The lowest BCUT2D eigenvalue weighted by Crippen LogP contribution is -2.34. The van der Waals surface area contributed by atoms with E-state index in [1.165, 1.54) is 0 Å². The second-order valence-electron chi connectivity index (χ2n) is 5.30. The molecule has 1 amide bonds. The molecule has 23 heavy (non-hydrogen) atoms. The lowest BCUT2D eigenvalue weighted by Gasteiger charge is -2.25. The van der Waals surface area contributed by atoms with Gasteiger partial charge in [-0.3, -0.25) is 4.79 Å². The summed E-state index contributed by atoms with van der Waals surface area (Å²) in [4.78, 5) is 12.7. The van der Waals surface area contributed by atoms with Gasteiger partial charge in [0.1, 0.15) is 11.4 Å². The number of carbonyl (C=O) groups excluding carboxylic acids is 1. The summed E-state index contributed by atoms with van der Waals surface area (Å²) in [5.41, 5.74) is 3.83. The Bertz CT molecular complexity index is 870. The van der Waals surface area contributed by atoms with Gasteiger partial charge in [-0.15, -0.1) is 10.2 Å². The summed E-state index contributed by atoms with van der Waals surface area (Å²) in [5, 5.41) is 11.6. The summed E-state index contributed by atoms with van der Waals surface area (Å²) in [6, 6.07) is 19.4. The van der Waals surface area contributed by atoms with E-state index >= 15 is 0 Å². The zero-order valence-corrected chi connectivity index (χ0v) is 14.2. The van der Waals surface area contributed by atoms with Crippen LogP contribution in [0.1, 0.15) is 17.2 Å². The van der Waals surface area contributed by atoms with Crippen LogP contribution in [0.15, 0.2) is 85.7 Å². The first-order chi connectivity index (χ1) is 11.3. The number of benzene rings is 2. The Morgan fingerprint density at radius 1 is 0.870 bits per heavy atom. The summed E-state index contributed by atoms with van der Waals surface area (Å²) in [7, 11) is 0. The zero-order chi connectivity index (χ0) is 15.8. The average Bonchev–Trinajstić information content (AvgIpc) is 3.06. The molecule has 1 unspecified atom stereocenters. The van der Waals surface area contributed by atoms with Crippen LogP contribution < -0.4 is 5.32 Å². The van der Waals surface area contributed by atoms with E-state index in [9.17, 15) is 4.79 Å². The number of hydrogen-bond donors (Lipinski definition) is 1. The quantitative estimate of drug-likeness (QED) is 0.731. The number of nitrogens with zero attached hydrogens (tertiary/aromatic N) is 2. The van der Waals surface area contributed by atoms with Crippen LogP contribution in [0.2, 0.25) is 0 Å². The van der Waals surface area contributed by atoms with Crippen LogP contribution in [0.3, 0.4) is 0 Å². The SMILES string of the molecule is O=C1NC(c2ccccc2)C(I)=C2N=NC(c3ccccc3)=C12. The fourth-order valence-electron chi connectivity index (χ4n) is 2.77. The Morgan fingerprint density at radius 2 is 1.48 bits per heavy atom. The maximum absolute atomic E-state index is 12.7. The molecule has 4 rings (SSSR count).